The summed E-state index contributed by atoms with van der Waals surface area (Å²) >= 11 is 1.00. The molecule has 0 fully saturated rings. The Morgan fingerprint density at radius 1 is 1.35 bits per heavy atom. The van der Waals surface area contributed by atoms with Gasteiger partial charge < -0.3 is 15.8 Å². The Bertz CT molecular complexity index is 549. The average molecular weight is 298 g/mol. The molecule has 0 spiro atoms. The number of hydrogen-bond donors (Lipinski definition) is 2. The lowest BCUT2D eigenvalue weighted by atomic mass is 10.1. The third-order valence-electron chi connectivity index (χ3n) is 2.62. The minimum atomic E-state index is -0.687. The molecule has 0 aliphatic rings. The van der Waals surface area contributed by atoms with E-state index >= 15 is 0 Å². The molecule has 0 aromatic carbocycles. The maximum Gasteiger partial charge on any atom is 0.348 e. The summed E-state index contributed by atoms with van der Waals surface area (Å²) in [5.74, 6) is -1.70. The van der Waals surface area contributed by atoms with Crippen molar-refractivity contribution in [1.82, 2.24) is 0 Å². The molecule has 0 saturated carbocycles. The number of primary amides is 1. The van der Waals surface area contributed by atoms with Crippen LogP contribution >= 0.6 is 11.3 Å². The van der Waals surface area contributed by atoms with Crippen LogP contribution < -0.4 is 11.1 Å². The summed E-state index contributed by atoms with van der Waals surface area (Å²) in [6, 6.07) is 0. The summed E-state index contributed by atoms with van der Waals surface area (Å²) in [5.41, 5.74) is 5.91. The van der Waals surface area contributed by atoms with Gasteiger partial charge in [0.05, 0.1) is 12.2 Å². The Morgan fingerprint density at radius 3 is 2.40 bits per heavy atom. The van der Waals surface area contributed by atoms with Gasteiger partial charge in [0, 0.05) is 5.92 Å². The number of thiophene rings is 1. The van der Waals surface area contributed by atoms with Crippen molar-refractivity contribution in [3.63, 3.8) is 0 Å². The molecule has 7 heteroatoms. The summed E-state index contributed by atoms with van der Waals surface area (Å²) in [5, 5.41) is 2.91. The molecule has 6 nitrogen and oxygen atoms in total. The van der Waals surface area contributed by atoms with Crippen molar-refractivity contribution in [2.24, 2.45) is 11.7 Å². The van der Waals surface area contributed by atoms with E-state index in [1.54, 1.807) is 27.7 Å². The molecule has 2 amide bonds. The first kappa shape index (κ1) is 16.2. The van der Waals surface area contributed by atoms with Crippen molar-refractivity contribution in [2.75, 3.05) is 11.9 Å². The van der Waals surface area contributed by atoms with E-state index in [1.807, 2.05) is 0 Å². The second-order valence-electron chi connectivity index (χ2n) is 4.49. The van der Waals surface area contributed by atoms with Crippen molar-refractivity contribution < 1.29 is 19.1 Å². The number of rotatable bonds is 5. The van der Waals surface area contributed by atoms with Gasteiger partial charge in [0.2, 0.25) is 5.91 Å². The number of ether oxygens (including phenoxy) is 1. The fraction of sp³-hybridized carbons (Fsp3) is 0.462. The monoisotopic (exact) mass is 298 g/mol. The van der Waals surface area contributed by atoms with Gasteiger partial charge in [-0.3, -0.25) is 9.59 Å². The maximum absolute atomic E-state index is 11.8. The van der Waals surface area contributed by atoms with Crippen LogP contribution in [0.25, 0.3) is 0 Å². The van der Waals surface area contributed by atoms with Crippen LogP contribution in [0.3, 0.4) is 0 Å². The normalized spacial score (nSPS) is 10.4. The van der Waals surface area contributed by atoms with Gasteiger partial charge in [-0.2, -0.15) is 0 Å². The molecule has 0 bridgehead atoms. The minimum Gasteiger partial charge on any atom is -0.462 e. The van der Waals surface area contributed by atoms with Crippen LogP contribution in [-0.4, -0.2) is 24.4 Å². The Hall–Kier alpha value is -1.89. The SMILES string of the molecule is CCOC(=O)c1sc(NC(=O)C(C)C)c(C(N)=O)c1C. The van der Waals surface area contributed by atoms with E-state index < -0.39 is 11.9 Å². The highest BCUT2D eigenvalue weighted by atomic mass is 32.1. The zero-order chi connectivity index (χ0) is 15.4. The molecule has 0 unspecified atom stereocenters. The molecule has 3 N–H and O–H groups in total. The molecule has 0 aliphatic carbocycles. The molecular weight excluding hydrogens is 280 g/mol. The van der Waals surface area contributed by atoms with Gasteiger partial charge in [-0.25, -0.2) is 4.79 Å². The number of hydrogen-bond acceptors (Lipinski definition) is 5. The van der Waals surface area contributed by atoms with Crippen molar-refractivity contribution >= 4 is 34.1 Å². The van der Waals surface area contributed by atoms with E-state index in [2.05, 4.69) is 5.32 Å². The topological polar surface area (TPSA) is 98.5 Å². The summed E-state index contributed by atoms with van der Waals surface area (Å²) in [6.07, 6.45) is 0. The molecule has 0 saturated heterocycles. The Kier molecular flexibility index (Phi) is 5.26. The van der Waals surface area contributed by atoms with E-state index in [0.29, 0.717) is 5.56 Å². The zero-order valence-corrected chi connectivity index (χ0v) is 12.7. The standard InChI is InChI=1S/C13H18N2O4S/c1-5-19-13(18)9-7(4)8(10(14)16)12(20-9)15-11(17)6(2)3/h6H,5H2,1-4H3,(H2,14,16)(H,15,17). The quantitative estimate of drug-likeness (QED) is 0.811. The third kappa shape index (κ3) is 3.36. The maximum atomic E-state index is 11.8. The highest BCUT2D eigenvalue weighted by Crippen LogP contribution is 2.33. The lowest BCUT2D eigenvalue weighted by Crippen LogP contribution is -2.20. The molecule has 20 heavy (non-hydrogen) atoms. The molecule has 1 rings (SSSR count). The summed E-state index contributed by atoms with van der Waals surface area (Å²) in [7, 11) is 0. The summed E-state index contributed by atoms with van der Waals surface area (Å²) in [6.45, 7) is 6.99. The average Bonchev–Trinajstić information content (AvgIpc) is 2.66. The van der Waals surface area contributed by atoms with E-state index in [4.69, 9.17) is 10.5 Å². The predicted octanol–water partition coefficient (Wildman–Crippen LogP) is 1.93. The number of amides is 2. The van der Waals surface area contributed by atoms with Crippen LogP contribution in [0.1, 0.15) is 46.4 Å². The number of carbonyl (C=O) groups excluding carboxylic acids is 3. The first-order chi connectivity index (χ1) is 9.29. The van der Waals surface area contributed by atoms with Crippen LogP contribution in [0, 0.1) is 12.8 Å². The summed E-state index contributed by atoms with van der Waals surface area (Å²) in [4.78, 5) is 35.3. The Labute approximate surface area is 121 Å². The second kappa shape index (κ2) is 6.51. The third-order valence-corrected chi connectivity index (χ3v) is 3.80. The van der Waals surface area contributed by atoms with Crippen LogP contribution in [0.15, 0.2) is 0 Å². The van der Waals surface area contributed by atoms with Gasteiger partial charge in [0.1, 0.15) is 9.88 Å². The van der Waals surface area contributed by atoms with Crippen molar-refractivity contribution in [1.29, 1.82) is 0 Å². The molecule has 1 aromatic heterocycles. The molecule has 0 atom stereocenters. The number of nitrogens with two attached hydrogens (primary N) is 1. The number of anilines is 1. The molecular formula is C13H18N2O4S. The van der Waals surface area contributed by atoms with E-state index in [9.17, 15) is 14.4 Å². The van der Waals surface area contributed by atoms with E-state index in [1.165, 1.54) is 0 Å². The molecule has 0 radical (unpaired) electrons. The van der Waals surface area contributed by atoms with Crippen molar-refractivity contribution in [3.8, 4) is 0 Å². The van der Waals surface area contributed by atoms with Gasteiger partial charge >= 0.3 is 5.97 Å². The highest BCUT2D eigenvalue weighted by Gasteiger charge is 2.25. The number of nitrogens with one attached hydrogen (secondary N) is 1. The van der Waals surface area contributed by atoms with Crippen LogP contribution in [0.5, 0.6) is 0 Å². The first-order valence-corrected chi connectivity index (χ1v) is 7.02. The van der Waals surface area contributed by atoms with Gasteiger partial charge in [-0.05, 0) is 19.4 Å². The smallest absolute Gasteiger partial charge is 0.348 e. The van der Waals surface area contributed by atoms with Gasteiger partial charge in [0.15, 0.2) is 0 Å². The molecule has 1 heterocycles. The predicted molar refractivity (Wildman–Crippen MR) is 77.0 cm³/mol. The van der Waals surface area contributed by atoms with Crippen LogP contribution in [-0.2, 0) is 9.53 Å². The van der Waals surface area contributed by atoms with Gasteiger partial charge in [0.25, 0.3) is 5.91 Å². The minimum absolute atomic E-state index is 0.159. The van der Waals surface area contributed by atoms with E-state index in [-0.39, 0.29) is 33.9 Å². The van der Waals surface area contributed by atoms with Crippen molar-refractivity contribution in [2.45, 2.75) is 27.7 Å². The lowest BCUT2D eigenvalue weighted by molar-refractivity contribution is -0.118. The first-order valence-electron chi connectivity index (χ1n) is 6.20. The van der Waals surface area contributed by atoms with Crippen molar-refractivity contribution in [3.05, 3.63) is 16.0 Å². The highest BCUT2D eigenvalue weighted by molar-refractivity contribution is 7.18. The second-order valence-corrected chi connectivity index (χ2v) is 5.51. The van der Waals surface area contributed by atoms with Crippen LogP contribution in [0.2, 0.25) is 0 Å². The van der Waals surface area contributed by atoms with Crippen LogP contribution in [0.4, 0.5) is 5.00 Å². The fourth-order valence-electron chi connectivity index (χ4n) is 1.55. The summed E-state index contributed by atoms with van der Waals surface area (Å²) < 4.78 is 4.92. The Balaban J connectivity index is 3.23. The fourth-order valence-corrected chi connectivity index (χ4v) is 2.65. The zero-order valence-electron chi connectivity index (χ0n) is 11.9. The molecule has 110 valence electrons. The molecule has 1 aromatic rings. The molecule has 0 aliphatic heterocycles. The Morgan fingerprint density at radius 2 is 1.95 bits per heavy atom. The van der Waals surface area contributed by atoms with Gasteiger partial charge in [-0.1, -0.05) is 13.8 Å². The number of carbonyl (C=O) groups is 3. The van der Waals surface area contributed by atoms with E-state index in [0.717, 1.165) is 11.3 Å². The largest absolute Gasteiger partial charge is 0.462 e. The lowest BCUT2D eigenvalue weighted by Gasteiger charge is -2.06. The number of esters is 1. The van der Waals surface area contributed by atoms with Gasteiger partial charge in [-0.15, -0.1) is 11.3 Å².